The van der Waals surface area contributed by atoms with E-state index in [2.05, 4.69) is 52.4 Å². The van der Waals surface area contributed by atoms with Crippen LogP contribution in [0.25, 0.3) is 0 Å². The number of hydrogen-bond acceptors (Lipinski definition) is 2. The van der Waals surface area contributed by atoms with Crippen molar-refractivity contribution in [1.29, 1.82) is 0 Å². The molecule has 100 valence electrons. The molecule has 0 aromatic heterocycles. The third-order valence-corrected chi connectivity index (χ3v) is 3.30. The van der Waals surface area contributed by atoms with Gasteiger partial charge >= 0.3 is 0 Å². The van der Waals surface area contributed by atoms with Gasteiger partial charge in [0.2, 0.25) is 0 Å². The van der Waals surface area contributed by atoms with E-state index in [4.69, 9.17) is 4.74 Å². The number of hydrogen-bond donors (Lipinski definition) is 1. The highest BCUT2D eigenvalue weighted by Gasteiger charge is 1.95. The Balaban J connectivity index is 1.66. The van der Waals surface area contributed by atoms with Crippen molar-refractivity contribution in [2.75, 3.05) is 13.2 Å². The minimum atomic E-state index is 0.674. The molecule has 0 spiro atoms. The molecule has 0 fully saturated rings. The van der Waals surface area contributed by atoms with Gasteiger partial charge in [-0.15, -0.1) is 0 Å². The Morgan fingerprint density at radius 1 is 1.11 bits per heavy atom. The largest absolute Gasteiger partial charge is 0.492 e. The van der Waals surface area contributed by atoms with Crippen LogP contribution in [0.3, 0.4) is 0 Å². The minimum Gasteiger partial charge on any atom is -0.492 e. The third-order valence-electron chi connectivity index (χ3n) is 2.77. The average Bonchev–Trinajstić information content (AvgIpc) is 2.41. The Labute approximate surface area is 122 Å². The molecule has 2 nitrogen and oxygen atoms in total. The van der Waals surface area contributed by atoms with Crippen molar-refractivity contribution in [2.45, 2.75) is 13.5 Å². The number of halogens is 1. The smallest absolute Gasteiger partial charge is 0.119 e. The summed E-state index contributed by atoms with van der Waals surface area (Å²) in [5.74, 6) is 0.903. The summed E-state index contributed by atoms with van der Waals surface area (Å²) in [6.45, 7) is 4.50. The second-order valence-electron chi connectivity index (χ2n) is 4.47. The second kappa shape index (κ2) is 7.31. The van der Waals surface area contributed by atoms with E-state index in [9.17, 15) is 0 Å². The van der Waals surface area contributed by atoms with E-state index in [0.29, 0.717) is 6.61 Å². The zero-order valence-electron chi connectivity index (χ0n) is 11.0. The minimum absolute atomic E-state index is 0.674. The molecule has 2 aromatic rings. The lowest BCUT2D eigenvalue weighted by Gasteiger charge is -2.08. The summed E-state index contributed by atoms with van der Waals surface area (Å²) in [5, 5.41) is 3.38. The molecule has 0 aliphatic rings. The van der Waals surface area contributed by atoms with Gasteiger partial charge in [0.05, 0.1) is 0 Å². The fraction of sp³-hybridized carbons (Fsp3) is 0.250. The zero-order valence-corrected chi connectivity index (χ0v) is 12.6. The number of ether oxygens (including phenoxy) is 1. The van der Waals surface area contributed by atoms with Crippen LogP contribution in [-0.4, -0.2) is 13.2 Å². The Morgan fingerprint density at radius 2 is 1.89 bits per heavy atom. The van der Waals surface area contributed by atoms with Gasteiger partial charge in [-0.1, -0.05) is 45.8 Å². The molecule has 1 N–H and O–H groups in total. The summed E-state index contributed by atoms with van der Waals surface area (Å²) in [6, 6.07) is 16.4. The molecule has 0 saturated heterocycles. The average molecular weight is 320 g/mol. The van der Waals surface area contributed by atoms with Crippen molar-refractivity contribution >= 4 is 15.9 Å². The Kier molecular flexibility index (Phi) is 5.43. The van der Waals surface area contributed by atoms with E-state index < -0.39 is 0 Å². The predicted octanol–water partition coefficient (Wildman–Crippen LogP) is 3.93. The normalized spacial score (nSPS) is 10.4. The molecular formula is C16H18BrNO. The first-order valence-electron chi connectivity index (χ1n) is 6.39. The summed E-state index contributed by atoms with van der Waals surface area (Å²) < 4.78 is 6.71. The van der Waals surface area contributed by atoms with Crippen LogP contribution in [0, 0.1) is 6.92 Å². The molecule has 0 unspecified atom stereocenters. The van der Waals surface area contributed by atoms with Gasteiger partial charge in [-0.2, -0.15) is 0 Å². The van der Waals surface area contributed by atoms with Gasteiger partial charge in [-0.05, 0) is 36.8 Å². The maximum atomic E-state index is 5.64. The number of benzene rings is 2. The first kappa shape index (κ1) is 14.1. The zero-order chi connectivity index (χ0) is 13.5. The maximum absolute atomic E-state index is 5.64. The number of aryl methyl sites for hydroxylation is 1. The quantitative estimate of drug-likeness (QED) is 0.815. The molecule has 0 aliphatic carbocycles. The Bertz CT molecular complexity index is 510. The Morgan fingerprint density at radius 3 is 2.63 bits per heavy atom. The van der Waals surface area contributed by atoms with Crippen molar-refractivity contribution in [3.05, 3.63) is 64.1 Å². The summed E-state index contributed by atoms with van der Waals surface area (Å²) in [4.78, 5) is 0. The van der Waals surface area contributed by atoms with Crippen LogP contribution in [0.5, 0.6) is 5.75 Å². The molecule has 19 heavy (non-hydrogen) atoms. The molecule has 0 heterocycles. The van der Waals surface area contributed by atoms with Crippen LogP contribution in [0.15, 0.2) is 53.0 Å². The summed E-state index contributed by atoms with van der Waals surface area (Å²) in [7, 11) is 0. The summed E-state index contributed by atoms with van der Waals surface area (Å²) in [6.07, 6.45) is 0. The lowest BCUT2D eigenvalue weighted by molar-refractivity contribution is 0.313. The van der Waals surface area contributed by atoms with Crippen LogP contribution in [0.4, 0.5) is 0 Å². The highest BCUT2D eigenvalue weighted by Crippen LogP contribution is 2.15. The molecule has 2 aromatic carbocycles. The SMILES string of the molecule is Cc1cccc(CNCCOc2ccc(Br)cc2)c1. The van der Waals surface area contributed by atoms with Gasteiger partial charge in [-0.25, -0.2) is 0 Å². The van der Waals surface area contributed by atoms with Crippen molar-refractivity contribution in [1.82, 2.24) is 5.32 Å². The van der Waals surface area contributed by atoms with E-state index in [1.54, 1.807) is 0 Å². The molecule has 0 bridgehead atoms. The van der Waals surface area contributed by atoms with Gasteiger partial charge in [0.25, 0.3) is 0 Å². The van der Waals surface area contributed by atoms with Crippen LogP contribution in [-0.2, 0) is 6.54 Å². The highest BCUT2D eigenvalue weighted by atomic mass is 79.9. The molecule has 0 atom stereocenters. The molecular weight excluding hydrogens is 302 g/mol. The first-order chi connectivity index (χ1) is 9.24. The van der Waals surface area contributed by atoms with Crippen molar-refractivity contribution in [3.63, 3.8) is 0 Å². The molecule has 3 heteroatoms. The van der Waals surface area contributed by atoms with Gasteiger partial charge in [0.1, 0.15) is 12.4 Å². The van der Waals surface area contributed by atoms with Gasteiger partial charge in [-0.3, -0.25) is 0 Å². The highest BCUT2D eigenvalue weighted by molar-refractivity contribution is 9.10. The Hall–Kier alpha value is -1.32. The topological polar surface area (TPSA) is 21.3 Å². The number of rotatable bonds is 6. The van der Waals surface area contributed by atoms with Gasteiger partial charge in [0, 0.05) is 17.6 Å². The van der Waals surface area contributed by atoms with Crippen molar-refractivity contribution in [3.8, 4) is 5.75 Å². The third kappa shape index (κ3) is 5.05. The second-order valence-corrected chi connectivity index (χ2v) is 5.38. The van der Waals surface area contributed by atoms with E-state index in [0.717, 1.165) is 23.3 Å². The predicted molar refractivity (Wildman–Crippen MR) is 82.5 cm³/mol. The van der Waals surface area contributed by atoms with Crippen LogP contribution < -0.4 is 10.1 Å². The van der Waals surface area contributed by atoms with Crippen LogP contribution >= 0.6 is 15.9 Å². The molecule has 0 aliphatic heterocycles. The van der Waals surface area contributed by atoms with E-state index in [-0.39, 0.29) is 0 Å². The van der Waals surface area contributed by atoms with Crippen molar-refractivity contribution in [2.24, 2.45) is 0 Å². The molecule has 0 amide bonds. The maximum Gasteiger partial charge on any atom is 0.119 e. The molecule has 0 radical (unpaired) electrons. The lowest BCUT2D eigenvalue weighted by atomic mass is 10.1. The van der Waals surface area contributed by atoms with E-state index in [1.807, 2.05) is 24.3 Å². The number of nitrogens with one attached hydrogen (secondary N) is 1. The van der Waals surface area contributed by atoms with Crippen LogP contribution in [0.2, 0.25) is 0 Å². The first-order valence-corrected chi connectivity index (χ1v) is 7.18. The van der Waals surface area contributed by atoms with Gasteiger partial charge in [0.15, 0.2) is 0 Å². The molecule has 0 saturated carbocycles. The molecule has 2 rings (SSSR count). The van der Waals surface area contributed by atoms with E-state index in [1.165, 1.54) is 11.1 Å². The standard InChI is InChI=1S/C16H18BrNO/c1-13-3-2-4-14(11-13)12-18-9-10-19-16-7-5-15(17)6-8-16/h2-8,11,18H,9-10,12H2,1H3. The van der Waals surface area contributed by atoms with Gasteiger partial charge < -0.3 is 10.1 Å². The fourth-order valence-electron chi connectivity index (χ4n) is 1.83. The monoisotopic (exact) mass is 319 g/mol. The van der Waals surface area contributed by atoms with Crippen LogP contribution in [0.1, 0.15) is 11.1 Å². The summed E-state index contributed by atoms with van der Waals surface area (Å²) in [5.41, 5.74) is 2.61. The van der Waals surface area contributed by atoms with Crippen molar-refractivity contribution < 1.29 is 4.74 Å². The fourth-order valence-corrected chi connectivity index (χ4v) is 2.09. The lowest BCUT2D eigenvalue weighted by Crippen LogP contribution is -2.20. The van der Waals surface area contributed by atoms with E-state index >= 15 is 0 Å². The summed E-state index contributed by atoms with van der Waals surface area (Å²) >= 11 is 3.40.